The lowest BCUT2D eigenvalue weighted by Gasteiger charge is -2.34. The second kappa shape index (κ2) is 4.82. The molecule has 0 aromatic heterocycles. The normalized spacial score (nSPS) is 29.5. The summed E-state index contributed by atoms with van der Waals surface area (Å²) in [6.07, 6.45) is 0.988. The second-order valence-electron chi connectivity index (χ2n) is 5.74. The van der Waals surface area contributed by atoms with E-state index in [1.807, 2.05) is 27.7 Å². The SMILES string of the molecule is CCC1N(C(=O)OC(C)(C)C)CCC1(N)CO. The summed E-state index contributed by atoms with van der Waals surface area (Å²) < 4.78 is 5.34. The van der Waals surface area contributed by atoms with Crippen LogP contribution in [0.5, 0.6) is 0 Å². The van der Waals surface area contributed by atoms with Crippen LogP contribution in [0.3, 0.4) is 0 Å². The number of carbonyl (C=O) groups excluding carboxylic acids is 1. The van der Waals surface area contributed by atoms with Crippen molar-refractivity contribution in [1.82, 2.24) is 4.90 Å². The van der Waals surface area contributed by atoms with E-state index in [1.54, 1.807) is 4.90 Å². The van der Waals surface area contributed by atoms with E-state index < -0.39 is 11.1 Å². The zero-order chi connectivity index (χ0) is 13.3. The summed E-state index contributed by atoms with van der Waals surface area (Å²) in [7, 11) is 0. The number of aliphatic hydroxyl groups excluding tert-OH is 1. The van der Waals surface area contributed by atoms with Gasteiger partial charge in [0.2, 0.25) is 0 Å². The third-order valence-corrected chi connectivity index (χ3v) is 3.17. The Morgan fingerprint density at radius 2 is 2.18 bits per heavy atom. The van der Waals surface area contributed by atoms with Crippen LogP contribution in [-0.2, 0) is 4.74 Å². The minimum atomic E-state index is -0.689. The highest BCUT2D eigenvalue weighted by Crippen LogP contribution is 2.29. The number of ether oxygens (including phenoxy) is 1. The summed E-state index contributed by atoms with van der Waals surface area (Å²) in [5.74, 6) is 0. The Hall–Kier alpha value is -0.810. The lowest BCUT2D eigenvalue weighted by molar-refractivity contribution is 0.0174. The molecule has 0 aliphatic carbocycles. The quantitative estimate of drug-likeness (QED) is 0.762. The van der Waals surface area contributed by atoms with E-state index in [-0.39, 0.29) is 18.7 Å². The van der Waals surface area contributed by atoms with E-state index in [0.717, 1.165) is 6.42 Å². The molecular weight excluding hydrogens is 220 g/mol. The zero-order valence-electron chi connectivity index (χ0n) is 11.2. The molecule has 0 aromatic rings. The van der Waals surface area contributed by atoms with E-state index in [9.17, 15) is 9.90 Å². The fraction of sp³-hybridized carbons (Fsp3) is 0.917. The van der Waals surface area contributed by atoms with Gasteiger partial charge in [-0.2, -0.15) is 0 Å². The van der Waals surface area contributed by atoms with Gasteiger partial charge in [0.05, 0.1) is 18.2 Å². The van der Waals surface area contributed by atoms with Gasteiger partial charge in [0.25, 0.3) is 0 Å². The van der Waals surface area contributed by atoms with Crippen molar-refractivity contribution in [2.45, 2.75) is 57.7 Å². The second-order valence-corrected chi connectivity index (χ2v) is 5.74. The third-order valence-electron chi connectivity index (χ3n) is 3.17. The molecule has 1 aliphatic rings. The topological polar surface area (TPSA) is 75.8 Å². The smallest absolute Gasteiger partial charge is 0.410 e. The van der Waals surface area contributed by atoms with Crippen LogP contribution >= 0.6 is 0 Å². The highest BCUT2D eigenvalue weighted by molar-refractivity contribution is 5.69. The van der Waals surface area contributed by atoms with Gasteiger partial charge < -0.3 is 20.5 Å². The van der Waals surface area contributed by atoms with Gasteiger partial charge in [-0.15, -0.1) is 0 Å². The number of hydrogen-bond acceptors (Lipinski definition) is 4. The molecule has 17 heavy (non-hydrogen) atoms. The number of hydrogen-bond donors (Lipinski definition) is 2. The molecule has 5 nitrogen and oxygen atoms in total. The Bertz CT molecular complexity index is 288. The van der Waals surface area contributed by atoms with Gasteiger partial charge in [0.1, 0.15) is 5.60 Å². The lowest BCUT2D eigenvalue weighted by Crippen LogP contribution is -2.55. The van der Waals surface area contributed by atoms with Crippen molar-refractivity contribution in [3.05, 3.63) is 0 Å². The molecule has 1 fully saturated rings. The van der Waals surface area contributed by atoms with Crippen LogP contribution in [-0.4, -0.2) is 46.4 Å². The van der Waals surface area contributed by atoms with Gasteiger partial charge in [0, 0.05) is 6.54 Å². The first-order chi connectivity index (χ1) is 7.73. The van der Waals surface area contributed by atoms with Gasteiger partial charge in [-0.1, -0.05) is 6.92 Å². The first-order valence-electron chi connectivity index (χ1n) is 6.13. The monoisotopic (exact) mass is 244 g/mol. The molecule has 100 valence electrons. The number of aliphatic hydroxyl groups is 1. The Morgan fingerprint density at radius 1 is 1.59 bits per heavy atom. The van der Waals surface area contributed by atoms with Crippen LogP contribution < -0.4 is 5.73 Å². The molecule has 2 unspecified atom stereocenters. The summed E-state index contributed by atoms with van der Waals surface area (Å²) in [6, 6.07) is -0.151. The molecule has 0 aromatic carbocycles. The number of nitrogens with two attached hydrogens (primary N) is 1. The molecule has 0 bridgehead atoms. The maximum Gasteiger partial charge on any atom is 0.410 e. The van der Waals surface area contributed by atoms with Crippen molar-refractivity contribution in [3.8, 4) is 0 Å². The molecule has 5 heteroatoms. The Morgan fingerprint density at radius 3 is 2.59 bits per heavy atom. The molecule has 2 atom stereocenters. The fourth-order valence-electron chi connectivity index (χ4n) is 2.31. The summed E-state index contributed by atoms with van der Waals surface area (Å²) in [5, 5.41) is 9.36. The predicted octanol–water partition coefficient (Wildman–Crippen LogP) is 1.10. The standard InChI is InChI=1S/C12H24N2O3/c1-5-9-12(13,8-15)6-7-14(9)10(16)17-11(2,3)4/h9,15H,5-8,13H2,1-4H3. The number of likely N-dealkylation sites (tertiary alicyclic amines) is 1. The van der Waals surface area contributed by atoms with E-state index >= 15 is 0 Å². The highest BCUT2D eigenvalue weighted by atomic mass is 16.6. The Labute approximate surface area is 103 Å². The van der Waals surface area contributed by atoms with Crippen molar-refractivity contribution >= 4 is 6.09 Å². The summed E-state index contributed by atoms with van der Waals surface area (Å²) in [5.41, 5.74) is 4.91. The Kier molecular flexibility index (Phi) is 4.04. The van der Waals surface area contributed by atoms with E-state index in [0.29, 0.717) is 13.0 Å². The van der Waals surface area contributed by atoms with Crippen molar-refractivity contribution in [2.24, 2.45) is 5.73 Å². The van der Waals surface area contributed by atoms with E-state index in [2.05, 4.69) is 0 Å². The molecule has 0 radical (unpaired) electrons. The first-order valence-corrected chi connectivity index (χ1v) is 6.13. The van der Waals surface area contributed by atoms with Gasteiger partial charge >= 0.3 is 6.09 Å². The molecule has 1 heterocycles. The zero-order valence-corrected chi connectivity index (χ0v) is 11.2. The molecule has 3 N–H and O–H groups in total. The number of amides is 1. The Balaban J connectivity index is 2.76. The maximum absolute atomic E-state index is 12.0. The van der Waals surface area contributed by atoms with Gasteiger partial charge in [-0.25, -0.2) is 4.79 Å². The molecule has 1 amide bonds. The van der Waals surface area contributed by atoms with Crippen molar-refractivity contribution in [3.63, 3.8) is 0 Å². The van der Waals surface area contributed by atoms with Crippen molar-refractivity contribution < 1.29 is 14.6 Å². The van der Waals surface area contributed by atoms with Crippen LogP contribution in [0.2, 0.25) is 0 Å². The van der Waals surface area contributed by atoms with Crippen molar-refractivity contribution in [1.29, 1.82) is 0 Å². The highest BCUT2D eigenvalue weighted by Gasteiger charge is 2.46. The van der Waals surface area contributed by atoms with Crippen LogP contribution in [0.25, 0.3) is 0 Å². The molecule has 1 saturated heterocycles. The number of nitrogens with zero attached hydrogens (tertiary/aromatic N) is 1. The van der Waals surface area contributed by atoms with Crippen molar-refractivity contribution in [2.75, 3.05) is 13.2 Å². The molecule has 0 spiro atoms. The number of rotatable bonds is 2. The van der Waals surface area contributed by atoms with Crippen LogP contribution in [0.4, 0.5) is 4.79 Å². The van der Waals surface area contributed by atoms with E-state index in [4.69, 9.17) is 10.5 Å². The predicted molar refractivity (Wildman–Crippen MR) is 65.6 cm³/mol. The summed E-state index contributed by atoms with van der Waals surface area (Å²) in [6.45, 7) is 7.91. The lowest BCUT2D eigenvalue weighted by atomic mass is 9.91. The fourth-order valence-corrected chi connectivity index (χ4v) is 2.31. The minimum Gasteiger partial charge on any atom is -0.444 e. The van der Waals surface area contributed by atoms with Gasteiger partial charge in [-0.05, 0) is 33.6 Å². The first kappa shape index (κ1) is 14.3. The van der Waals surface area contributed by atoms with Crippen LogP contribution in [0.1, 0.15) is 40.5 Å². The molecular formula is C12H24N2O3. The molecule has 1 aliphatic heterocycles. The third kappa shape index (κ3) is 3.10. The minimum absolute atomic E-state index is 0.106. The maximum atomic E-state index is 12.0. The average Bonchev–Trinajstić information content (AvgIpc) is 2.53. The average molecular weight is 244 g/mol. The van der Waals surface area contributed by atoms with Gasteiger partial charge in [0.15, 0.2) is 0 Å². The van der Waals surface area contributed by atoms with Gasteiger partial charge in [-0.3, -0.25) is 0 Å². The summed E-state index contributed by atoms with van der Waals surface area (Å²) in [4.78, 5) is 13.6. The van der Waals surface area contributed by atoms with Crippen LogP contribution in [0.15, 0.2) is 0 Å². The largest absolute Gasteiger partial charge is 0.444 e. The number of carbonyl (C=O) groups is 1. The van der Waals surface area contributed by atoms with Crippen LogP contribution in [0, 0.1) is 0 Å². The molecule has 1 rings (SSSR count). The molecule has 0 saturated carbocycles. The van der Waals surface area contributed by atoms with E-state index in [1.165, 1.54) is 0 Å². The summed E-state index contributed by atoms with van der Waals surface area (Å²) >= 11 is 0.